The quantitative estimate of drug-likeness (QED) is 0.760. The van der Waals surface area contributed by atoms with Gasteiger partial charge in [0.15, 0.2) is 5.82 Å². The minimum Gasteiger partial charge on any atom is -0.383 e. The number of anilines is 1. The highest BCUT2D eigenvalue weighted by atomic mass is 32.2. The van der Waals surface area contributed by atoms with Crippen molar-refractivity contribution < 1.29 is 8.42 Å². The molecule has 3 aromatic heterocycles. The van der Waals surface area contributed by atoms with Gasteiger partial charge in [-0.15, -0.1) is 0 Å². The topological polar surface area (TPSA) is 112 Å². The zero-order valence-electron chi connectivity index (χ0n) is 14.3. The van der Waals surface area contributed by atoms with Crippen molar-refractivity contribution in [1.82, 2.24) is 19.9 Å². The lowest BCUT2D eigenvalue weighted by Crippen LogP contribution is -2.28. The van der Waals surface area contributed by atoms with Gasteiger partial charge in [-0.2, -0.15) is 0 Å². The van der Waals surface area contributed by atoms with Crippen LogP contribution in [0.4, 0.5) is 5.82 Å². The number of hydrogen-bond donors (Lipinski definition) is 1. The van der Waals surface area contributed by atoms with Crippen molar-refractivity contribution in [2.24, 2.45) is 0 Å². The largest absolute Gasteiger partial charge is 0.383 e. The van der Waals surface area contributed by atoms with E-state index in [1.165, 1.54) is 6.26 Å². The molecule has 7 nitrogen and oxygen atoms in total. The number of rotatable bonds is 4. The first-order chi connectivity index (χ1) is 11.7. The van der Waals surface area contributed by atoms with Crippen molar-refractivity contribution in [3.8, 4) is 11.4 Å². The van der Waals surface area contributed by atoms with Crippen LogP contribution in [0.1, 0.15) is 19.4 Å². The van der Waals surface area contributed by atoms with Crippen LogP contribution < -0.4 is 5.73 Å². The van der Waals surface area contributed by atoms with Crippen molar-refractivity contribution in [1.29, 1.82) is 0 Å². The SMILES string of the molecule is CC(C)(CS(C)(=O)=O)c1cncc2nc(-c3ccncc3)nc(N)c12. The molecule has 0 saturated heterocycles. The third kappa shape index (κ3) is 3.58. The molecule has 0 aliphatic carbocycles. The number of nitrogens with two attached hydrogens (primary N) is 1. The first-order valence-corrected chi connectivity index (χ1v) is 9.73. The van der Waals surface area contributed by atoms with E-state index in [0.29, 0.717) is 28.1 Å². The summed E-state index contributed by atoms with van der Waals surface area (Å²) >= 11 is 0. The number of pyridine rings is 2. The minimum absolute atomic E-state index is 0.0215. The third-order valence-electron chi connectivity index (χ3n) is 3.93. The average molecular weight is 357 g/mol. The van der Waals surface area contributed by atoms with Gasteiger partial charge in [0, 0.05) is 41.2 Å². The van der Waals surface area contributed by atoms with Crippen molar-refractivity contribution in [3.05, 3.63) is 42.5 Å². The fraction of sp³-hybridized carbons (Fsp3) is 0.294. The van der Waals surface area contributed by atoms with E-state index in [4.69, 9.17) is 5.73 Å². The number of nitrogens with zero attached hydrogens (tertiary/aromatic N) is 4. The Morgan fingerprint density at radius 2 is 1.76 bits per heavy atom. The van der Waals surface area contributed by atoms with Crippen LogP contribution in [-0.4, -0.2) is 40.4 Å². The van der Waals surface area contributed by atoms with E-state index in [9.17, 15) is 8.42 Å². The van der Waals surface area contributed by atoms with Gasteiger partial charge in [0.05, 0.1) is 17.5 Å². The maximum atomic E-state index is 11.8. The van der Waals surface area contributed by atoms with Crippen LogP contribution in [0.2, 0.25) is 0 Å². The molecule has 2 N–H and O–H groups in total. The number of aromatic nitrogens is 4. The molecular weight excluding hydrogens is 338 g/mol. The van der Waals surface area contributed by atoms with Crippen molar-refractivity contribution in [3.63, 3.8) is 0 Å². The lowest BCUT2D eigenvalue weighted by Gasteiger charge is -2.25. The normalized spacial score (nSPS) is 12.4. The Bertz CT molecular complexity index is 1030. The lowest BCUT2D eigenvalue weighted by molar-refractivity contribution is 0.554. The maximum Gasteiger partial charge on any atom is 0.162 e. The van der Waals surface area contributed by atoms with E-state index >= 15 is 0 Å². The van der Waals surface area contributed by atoms with Gasteiger partial charge in [0.1, 0.15) is 15.7 Å². The minimum atomic E-state index is -3.18. The summed E-state index contributed by atoms with van der Waals surface area (Å²) < 4.78 is 23.6. The maximum absolute atomic E-state index is 11.8. The Balaban J connectivity index is 2.21. The molecule has 0 aliphatic rings. The highest BCUT2D eigenvalue weighted by molar-refractivity contribution is 7.90. The summed E-state index contributed by atoms with van der Waals surface area (Å²) in [5.41, 5.74) is 7.64. The molecule has 0 aliphatic heterocycles. The summed E-state index contributed by atoms with van der Waals surface area (Å²) in [4.78, 5) is 17.2. The van der Waals surface area contributed by atoms with Gasteiger partial charge >= 0.3 is 0 Å². The molecule has 3 rings (SSSR count). The second-order valence-electron chi connectivity index (χ2n) is 6.70. The molecule has 25 heavy (non-hydrogen) atoms. The summed E-state index contributed by atoms with van der Waals surface area (Å²) in [5.74, 6) is 0.759. The van der Waals surface area contributed by atoms with E-state index < -0.39 is 15.3 Å². The lowest BCUT2D eigenvalue weighted by atomic mass is 9.85. The Hall–Kier alpha value is -2.61. The highest BCUT2D eigenvalue weighted by Crippen LogP contribution is 2.33. The first-order valence-electron chi connectivity index (χ1n) is 7.67. The van der Waals surface area contributed by atoms with Crippen LogP contribution >= 0.6 is 0 Å². The average Bonchev–Trinajstić information content (AvgIpc) is 2.53. The molecule has 0 unspecified atom stereocenters. The molecule has 0 amide bonds. The van der Waals surface area contributed by atoms with Gasteiger partial charge in [-0.3, -0.25) is 9.97 Å². The molecule has 8 heteroatoms. The summed E-state index contributed by atoms with van der Waals surface area (Å²) in [7, 11) is -3.18. The van der Waals surface area contributed by atoms with Gasteiger partial charge in [0.25, 0.3) is 0 Å². The zero-order chi connectivity index (χ0) is 18.2. The second kappa shape index (κ2) is 6.03. The highest BCUT2D eigenvalue weighted by Gasteiger charge is 2.29. The number of nitrogen functional groups attached to an aromatic ring is 1. The fourth-order valence-electron chi connectivity index (χ4n) is 2.99. The van der Waals surface area contributed by atoms with Crippen LogP contribution in [0.5, 0.6) is 0 Å². The van der Waals surface area contributed by atoms with Crippen LogP contribution in [-0.2, 0) is 15.3 Å². The number of hydrogen-bond acceptors (Lipinski definition) is 7. The molecule has 0 bridgehead atoms. The predicted molar refractivity (Wildman–Crippen MR) is 97.7 cm³/mol. The molecule has 0 spiro atoms. The molecule has 3 aromatic rings. The Kier molecular flexibility index (Phi) is 4.16. The van der Waals surface area contributed by atoms with Crippen LogP contribution in [0.15, 0.2) is 36.9 Å². The third-order valence-corrected chi connectivity index (χ3v) is 5.17. The summed E-state index contributed by atoms with van der Waals surface area (Å²) in [6.07, 6.45) is 7.78. The fourth-order valence-corrected chi connectivity index (χ4v) is 4.46. The Labute approximate surface area is 146 Å². The zero-order valence-corrected chi connectivity index (χ0v) is 15.1. The Morgan fingerprint density at radius 3 is 2.40 bits per heavy atom. The van der Waals surface area contributed by atoms with Crippen molar-refractivity contribution >= 4 is 26.6 Å². The van der Waals surface area contributed by atoms with Crippen LogP contribution in [0, 0.1) is 0 Å². The monoisotopic (exact) mass is 357 g/mol. The molecule has 0 aromatic carbocycles. The van der Waals surface area contributed by atoms with Gasteiger partial charge in [-0.1, -0.05) is 13.8 Å². The molecule has 0 saturated carbocycles. The smallest absolute Gasteiger partial charge is 0.162 e. The summed E-state index contributed by atoms with van der Waals surface area (Å²) in [5, 5.41) is 0.640. The van der Waals surface area contributed by atoms with Crippen molar-refractivity contribution in [2.45, 2.75) is 19.3 Å². The Morgan fingerprint density at radius 1 is 1.08 bits per heavy atom. The number of sulfone groups is 1. The first kappa shape index (κ1) is 17.2. The molecule has 3 heterocycles. The van der Waals surface area contributed by atoms with E-state index in [1.807, 2.05) is 13.8 Å². The summed E-state index contributed by atoms with van der Waals surface area (Å²) in [6.45, 7) is 3.70. The van der Waals surface area contributed by atoms with Gasteiger partial charge in [-0.25, -0.2) is 18.4 Å². The molecule has 0 radical (unpaired) electrons. The molecule has 130 valence electrons. The van der Waals surface area contributed by atoms with Crippen LogP contribution in [0.3, 0.4) is 0 Å². The van der Waals surface area contributed by atoms with Gasteiger partial charge in [0.2, 0.25) is 0 Å². The van der Waals surface area contributed by atoms with E-state index in [2.05, 4.69) is 19.9 Å². The van der Waals surface area contributed by atoms with Crippen molar-refractivity contribution in [2.75, 3.05) is 17.7 Å². The summed E-state index contributed by atoms with van der Waals surface area (Å²) in [6, 6.07) is 3.59. The van der Waals surface area contributed by atoms with E-state index in [0.717, 1.165) is 5.56 Å². The number of fused-ring (bicyclic) bond motifs is 1. The molecule has 0 fully saturated rings. The standard InChI is InChI=1S/C17H19N5O2S/c1-17(2,10-25(3,23)24)12-8-20-9-13-14(12)15(18)22-16(21-13)11-4-6-19-7-5-11/h4-9H,10H2,1-3H3,(H2,18,21,22). The molecule has 0 atom stereocenters. The van der Waals surface area contributed by atoms with Gasteiger partial charge < -0.3 is 5.73 Å². The van der Waals surface area contributed by atoms with E-state index in [1.54, 1.807) is 36.9 Å². The van der Waals surface area contributed by atoms with E-state index in [-0.39, 0.29) is 5.75 Å². The molecular formula is C17H19N5O2S. The predicted octanol–water partition coefficient (Wildman–Crippen LogP) is 1.99. The van der Waals surface area contributed by atoms with Gasteiger partial charge in [-0.05, 0) is 17.7 Å². The van der Waals surface area contributed by atoms with Crippen LogP contribution in [0.25, 0.3) is 22.3 Å². The second-order valence-corrected chi connectivity index (χ2v) is 8.84.